The second-order valence-electron chi connectivity index (χ2n) is 7.58. The molecule has 2 aliphatic rings. The smallest absolute Gasteiger partial charge is 0.337 e. The molecule has 7 nitrogen and oxygen atoms in total. The van der Waals surface area contributed by atoms with Gasteiger partial charge in [0.05, 0.1) is 28.8 Å². The Bertz CT molecular complexity index is 1060. The summed E-state index contributed by atoms with van der Waals surface area (Å²) in [5.41, 5.74) is 0.678. The maximum absolute atomic E-state index is 13.0. The lowest BCUT2D eigenvalue weighted by atomic mass is 9.81. The largest absolute Gasteiger partial charge is 0.478 e. The van der Waals surface area contributed by atoms with E-state index in [1.165, 1.54) is 23.1 Å². The molecule has 0 aromatic heterocycles. The monoisotopic (exact) mass is 548 g/mol. The van der Waals surface area contributed by atoms with Crippen molar-refractivity contribution in [2.24, 2.45) is 11.8 Å². The summed E-state index contributed by atoms with van der Waals surface area (Å²) in [6.45, 7) is 0. The number of hydrogen-bond donors (Lipinski definition) is 2. The van der Waals surface area contributed by atoms with E-state index in [1.54, 1.807) is 30.3 Å². The number of benzene rings is 2. The zero-order valence-corrected chi connectivity index (χ0v) is 19.3. The van der Waals surface area contributed by atoms with Gasteiger partial charge < -0.3 is 10.4 Å². The Morgan fingerprint density at radius 3 is 2.16 bits per heavy atom. The van der Waals surface area contributed by atoms with E-state index in [9.17, 15) is 24.3 Å². The van der Waals surface area contributed by atoms with Crippen LogP contribution in [0.4, 0.5) is 11.4 Å². The van der Waals surface area contributed by atoms with Gasteiger partial charge in [0.15, 0.2) is 0 Å². The Kier molecular flexibility index (Phi) is 5.98. The van der Waals surface area contributed by atoms with Gasteiger partial charge in [-0.25, -0.2) is 4.79 Å². The molecule has 1 saturated carbocycles. The number of imide groups is 1. The van der Waals surface area contributed by atoms with Crippen molar-refractivity contribution in [2.75, 3.05) is 10.2 Å². The molecule has 1 aliphatic heterocycles. The molecule has 2 fully saturated rings. The number of rotatable bonds is 4. The maximum atomic E-state index is 13.0. The Morgan fingerprint density at radius 2 is 1.55 bits per heavy atom. The van der Waals surface area contributed by atoms with Gasteiger partial charge in [-0.3, -0.25) is 19.3 Å². The van der Waals surface area contributed by atoms with Gasteiger partial charge in [-0.05, 0) is 43.2 Å². The average Bonchev–Trinajstić information content (AvgIpc) is 2.98. The number of aromatic carboxylic acids is 1. The number of nitrogens with zero attached hydrogens (tertiary/aromatic N) is 1. The fourth-order valence-corrected chi connectivity index (χ4v) is 5.35. The van der Waals surface area contributed by atoms with Gasteiger partial charge in [-0.1, -0.05) is 50.1 Å². The molecular weight excluding hydrogens is 532 g/mol. The molecule has 31 heavy (non-hydrogen) atoms. The summed E-state index contributed by atoms with van der Waals surface area (Å²) in [5, 5.41) is 11.9. The number of carbonyl (C=O) groups excluding carboxylic acids is 3. The molecule has 0 unspecified atom stereocenters. The van der Waals surface area contributed by atoms with Crippen molar-refractivity contribution in [2.45, 2.75) is 22.5 Å². The topological polar surface area (TPSA) is 104 Å². The third-order valence-electron chi connectivity index (χ3n) is 5.68. The van der Waals surface area contributed by atoms with Crippen molar-refractivity contribution in [1.29, 1.82) is 0 Å². The maximum Gasteiger partial charge on any atom is 0.337 e. The van der Waals surface area contributed by atoms with Crippen molar-refractivity contribution in [3.8, 4) is 0 Å². The molecule has 0 bridgehead atoms. The number of nitrogens with one attached hydrogen (secondary N) is 1. The number of alkyl halides is 2. The number of fused-ring (bicyclic) bond motifs is 1. The van der Waals surface area contributed by atoms with Gasteiger partial charge in [-0.15, -0.1) is 0 Å². The summed E-state index contributed by atoms with van der Waals surface area (Å²) in [6.07, 6.45) is 1.13. The van der Waals surface area contributed by atoms with E-state index in [-0.39, 0.29) is 50.1 Å². The molecule has 2 aromatic carbocycles. The van der Waals surface area contributed by atoms with Crippen LogP contribution in [0.25, 0.3) is 0 Å². The van der Waals surface area contributed by atoms with Crippen LogP contribution < -0.4 is 10.2 Å². The molecule has 2 aromatic rings. The number of carboxylic acid groups (broad SMARTS) is 1. The third kappa shape index (κ3) is 4.04. The van der Waals surface area contributed by atoms with Gasteiger partial charge in [0, 0.05) is 15.2 Å². The standard InChI is InChI=1S/C22H18Br2N2O5/c23-16-9-14-15(10-17(16)24)21(29)26(20(14)28)12-5-3-4-11(8-12)19(27)25-18-7-2-1-6-13(18)22(30)31/h1-8,14-17H,9-10H2,(H,25,27)(H,30,31)/t14-,15-,16+,17+/m1/s1. The van der Waals surface area contributed by atoms with Crippen molar-refractivity contribution in [3.05, 3.63) is 59.7 Å². The molecule has 4 atom stereocenters. The quantitative estimate of drug-likeness (QED) is 0.442. The summed E-state index contributed by atoms with van der Waals surface area (Å²) < 4.78 is 0. The van der Waals surface area contributed by atoms with Crippen LogP contribution in [0.3, 0.4) is 0 Å². The van der Waals surface area contributed by atoms with Crippen LogP contribution in [-0.4, -0.2) is 38.5 Å². The molecule has 160 valence electrons. The zero-order valence-electron chi connectivity index (χ0n) is 16.1. The second-order valence-corrected chi connectivity index (χ2v) is 9.94. The Balaban J connectivity index is 1.59. The van der Waals surface area contributed by atoms with Gasteiger partial charge in [0.25, 0.3) is 5.91 Å². The van der Waals surface area contributed by atoms with E-state index in [1.807, 2.05) is 0 Å². The second kappa shape index (κ2) is 8.55. The highest BCUT2D eigenvalue weighted by Crippen LogP contribution is 2.44. The molecule has 1 heterocycles. The minimum Gasteiger partial charge on any atom is -0.478 e. The molecular formula is C22H18Br2N2O5. The van der Waals surface area contributed by atoms with Crippen molar-refractivity contribution < 1.29 is 24.3 Å². The third-order valence-corrected chi connectivity index (χ3v) is 8.42. The number of anilines is 2. The molecule has 1 aliphatic carbocycles. The van der Waals surface area contributed by atoms with Crippen LogP contribution in [0.5, 0.6) is 0 Å². The summed E-state index contributed by atoms with van der Waals surface area (Å²) in [5.74, 6) is -2.97. The number of halogens is 2. The SMILES string of the molecule is O=C(Nc1ccccc1C(=O)O)c1cccc(N2C(=O)[C@@H]3C[C@H](Br)[C@@H](Br)C[C@H]3C2=O)c1. The van der Waals surface area contributed by atoms with Crippen LogP contribution in [0.15, 0.2) is 48.5 Å². The number of carboxylic acids is 1. The van der Waals surface area contributed by atoms with Crippen molar-refractivity contribution >= 4 is 66.9 Å². The number of para-hydroxylation sites is 1. The Morgan fingerprint density at radius 1 is 0.935 bits per heavy atom. The first-order chi connectivity index (χ1) is 14.8. The summed E-state index contributed by atoms with van der Waals surface area (Å²) in [6, 6.07) is 12.3. The fraction of sp³-hybridized carbons (Fsp3) is 0.273. The van der Waals surface area contributed by atoms with E-state index < -0.39 is 11.9 Å². The molecule has 9 heteroatoms. The van der Waals surface area contributed by atoms with E-state index in [0.29, 0.717) is 18.5 Å². The lowest BCUT2D eigenvalue weighted by molar-refractivity contribution is -0.122. The van der Waals surface area contributed by atoms with E-state index in [0.717, 1.165) is 0 Å². The van der Waals surface area contributed by atoms with Crippen LogP contribution in [0.2, 0.25) is 0 Å². The highest BCUT2D eigenvalue weighted by atomic mass is 79.9. The normalized spacial score (nSPS) is 25.3. The van der Waals surface area contributed by atoms with Gasteiger partial charge >= 0.3 is 5.97 Å². The van der Waals surface area contributed by atoms with E-state index in [4.69, 9.17) is 0 Å². The Labute approximate surface area is 195 Å². The van der Waals surface area contributed by atoms with Crippen LogP contribution in [-0.2, 0) is 9.59 Å². The molecule has 0 radical (unpaired) electrons. The minimum absolute atomic E-state index is 0.0327. The van der Waals surface area contributed by atoms with Gasteiger partial charge in [-0.2, -0.15) is 0 Å². The van der Waals surface area contributed by atoms with Crippen molar-refractivity contribution in [3.63, 3.8) is 0 Å². The number of carbonyl (C=O) groups is 4. The van der Waals surface area contributed by atoms with Crippen LogP contribution in [0, 0.1) is 11.8 Å². The summed E-state index contributed by atoms with van der Waals surface area (Å²) >= 11 is 7.14. The van der Waals surface area contributed by atoms with E-state index in [2.05, 4.69) is 37.2 Å². The first kappa shape index (κ1) is 21.7. The molecule has 4 rings (SSSR count). The molecule has 1 saturated heterocycles. The van der Waals surface area contributed by atoms with Crippen molar-refractivity contribution in [1.82, 2.24) is 0 Å². The van der Waals surface area contributed by atoms with Crippen LogP contribution in [0.1, 0.15) is 33.6 Å². The first-order valence-corrected chi connectivity index (χ1v) is 11.5. The zero-order chi connectivity index (χ0) is 22.3. The predicted molar refractivity (Wildman–Crippen MR) is 122 cm³/mol. The number of hydrogen-bond acceptors (Lipinski definition) is 4. The lowest BCUT2D eigenvalue weighted by Crippen LogP contribution is -2.34. The van der Waals surface area contributed by atoms with Gasteiger partial charge in [0.1, 0.15) is 0 Å². The average molecular weight is 550 g/mol. The molecule has 3 amide bonds. The summed E-state index contributed by atoms with van der Waals surface area (Å²) in [7, 11) is 0. The summed E-state index contributed by atoms with van der Waals surface area (Å²) in [4.78, 5) is 51.5. The molecule has 2 N–H and O–H groups in total. The number of amides is 3. The van der Waals surface area contributed by atoms with Crippen LogP contribution >= 0.6 is 31.9 Å². The predicted octanol–water partition coefficient (Wildman–Crippen LogP) is 4.06. The lowest BCUT2D eigenvalue weighted by Gasteiger charge is -2.29. The highest BCUT2D eigenvalue weighted by molar-refractivity contribution is 9.12. The Hall–Kier alpha value is -2.52. The molecule has 0 spiro atoms. The van der Waals surface area contributed by atoms with Gasteiger partial charge in [0.2, 0.25) is 11.8 Å². The fourth-order valence-electron chi connectivity index (χ4n) is 4.11. The first-order valence-electron chi connectivity index (χ1n) is 9.67. The minimum atomic E-state index is -1.16. The van der Waals surface area contributed by atoms with E-state index >= 15 is 0 Å². The highest BCUT2D eigenvalue weighted by Gasteiger charge is 2.52.